The molecule has 5 rings (SSSR count). The van der Waals surface area contributed by atoms with Gasteiger partial charge in [-0.05, 0) is 80.2 Å². The zero-order valence-electron chi connectivity index (χ0n) is 16.5. The van der Waals surface area contributed by atoms with Crippen LogP contribution in [0.15, 0.2) is 23.1 Å². The predicted octanol–water partition coefficient (Wildman–Crippen LogP) is 3.98. The first-order chi connectivity index (χ1) is 12.9. The molecular formula is C21H31NO4S. The van der Waals surface area contributed by atoms with Gasteiger partial charge in [-0.1, -0.05) is 6.92 Å². The van der Waals surface area contributed by atoms with Crippen LogP contribution in [0, 0.1) is 23.2 Å². The Morgan fingerprint density at radius 1 is 1.07 bits per heavy atom. The molecule has 1 atom stereocenters. The molecule has 0 saturated heterocycles. The molecule has 0 radical (unpaired) electrons. The minimum absolute atomic E-state index is 0.0215. The molecule has 0 amide bonds. The van der Waals surface area contributed by atoms with Gasteiger partial charge in [-0.15, -0.1) is 0 Å². The molecular weight excluding hydrogens is 362 g/mol. The highest BCUT2D eigenvalue weighted by Gasteiger charge is 2.54. The van der Waals surface area contributed by atoms with E-state index < -0.39 is 10.0 Å². The zero-order valence-corrected chi connectivity index (χ0v) is 17.3. The maximum absolute atomic E-state index is 13.3. The minimum Gasteiger partial charge on any atom is -0.497 e. The molecule has 0 aromatic heterocycles. The molecule has 4 bridgehead atoms. The SMILES string of the molecule is CC[C@@H](NS(=O)(=O)c1cc(OC)ccc1OC)C12CC3CC(CC(C3)C1)C2. The first-order valence-corrected chi connectivity index (χ1v) is 11.6. The van der Waals surface area contributed by atoms with E-state index in [-0.39, 0.29) is 16.4 Å². The van der Waals surface area contributed by atoms with Crippen molar-refractivity contribution in [3.8, 4) is 11.5 Å². The van der Waals surface area contributed by atoms with Crippen molar-refractivity contribution in [1.82, 2.24) is 4.72 Å². The van der Waals surface area contributed by atoms with Crippen molar-refractivity contribution in [3.05, 3.63) is 18.2 Å². The Balaban J connectivity index is 1.64. The summed E-state index contributed by atoms with van der Waals surface area (Å²) < 4.78 is 40.2. The zero-order chi connectivity index (χ0) is 19.2. The molecule has 0 aliphatic heterocycles. The van der Waals surface area contributed by atoms with Crippen LogP contribution >= 0.6 is 0 Å². The Labute approximate surface area is 162 Å². The fraction of sp³-hybridized carbons (Fsp3) is 0.714. The largest absolute Gasteiger partial charge is 0.497 e. The highest BCUT2D eigenvalue weighted by atomic mass is 32.2. The lowest BCUT2D eigenvalue weighted by atomic mass is 9.47. The maximum Gasteiger partial charge on any atom is 0.244 e. The van der Waals surface area contributed by atoms with Crippen LogP contribution in [0.4, 0.5) is 0 Å². The lowest BCUT2D eigenvalue weighted by molar-refractivity contribution is -0.0704. The molecule has 5 nitrogen and oxygen atoms in total. The quantitative estimate of drug-likeness (QED) is 0.761. The van der Waals surface area contributed by atoms with Crippen molar-refractivity contribution < 1.29 is 17.9 Å². The van der Waals surface area contributed by atoms with Gasteiger partial charge in [0.2, 0.25) is 10.0 Å². The normalized spacial score (nSPS) is 33.1. The van der Waals surface area contributed by atoms with E-state index >= 15 is 0 Å². The summed E-state index contributed by atoms with van der Waals surface area (Å²) >= 11 is 0. The van der Waals surface area contributed by atoms with Gasteiger partial charge in [0.25, 0.3) is 0 Å². The summed E-state index contributed by atoms with van der Waals surface area (Å²) in [6.45, 7) is 2.11. The lowest BCUT2D eigenvalue weighted by Crippen LogP contribution is -2.56. The van der Waals surface area contributed by atoms with E-state index in [4.69, 9.17) is 9.47 Å². The Hall–Kier alpha value is -1.27. The van der Waals surface area contributed by atoms with Crippen molar-refractivity contribution in [2.45, 2.75) is 62.8 Å². The van der Waals surface area contributed by atoms with Crippen molar-refractivity contribution in [1.29, 1.82) is 0 Å². The molecule has 1 aromatic carbocycles. The minimum atomic E-state index is -3.70. The molecule has 6 heteroatoms. The summed E-state index contributed by atoms with van der Waals surface area (Å²) in [6.07, 6.45) is 8.40. The summed E-state index contributed by atoms with van der Waals surface area (Å²) in [5, 5.41) is 0. The van der Waals surface area contributed by atoms with E-state index in [9.17, 15) is 8.42 Å². The van der Waals surface area contributed by atoms with Gasteiger partial charge in [0, 0.05) is 12.1 Å². The summed E-state index contributed by atoms with van der Waals surface area (Å²) in [6, 6.07) is 4.90. The summed E-state index contributed by atoms with van der Waals surface area (Å²) in [5.41, 5.74) is 0.128. The second-order valence-electron chi connectivity index (χ2n) is 8.88. The highest BCUT2D eigenvalue weighted by molar-refractivity contribution is 7.89. The van der Waals surface area contributed by atoms with E-state index in [0.29, 0.717) is 11.5 Å². The molecule has 4 aliphatic rings. The average molecular weight is 394 g/mol. The number of methoxy groups -OCH3 is 2. The van der Waals surface area contributed by atoms with Crippen LogP contribution in [-0.2, 0) is 10.0 Å². The third-order valence-electron chi connectivity index (χ3n) is 7.19. The van der Waals surface area contributed by atoms with E-state index in [2.05, 4.69) is 11.6 Å². The Bertz CT molecular complexity index is 769. The van der Waals surface area contributed by atoms with Gasteiger partial charge in [0.1, 0.15) is 16.4 Å². The standard InChI is InChI=1S/C21H31NO4S/c1-4-20(21-11-14-7-15(12-21)9-16(8-14)13-21)22-27(23,24)19-10-17(25-2)5-6-18(19)26-3/h5-6,10,14-16,20,22H,4,7-9,11-13H2,1-3H3/t14?,15?,16?,20-,21?/m1/s1. The van der Waals surface area contributed by atoms with Gasteiger partial charge in [-0.25, -0.2) is 13.1 Å². The van der Waals surface area contributed by atoms with E-state index in [1.807, 2.05) is 0 Å². The van der Waals surface area contributed by atoms with Crippen molar-refractivity contribution in [2.24, 2.45) is 23.2 Å². The number of rotatable bonds is 7. The molecule has 0 spiro atoms. The number of nitrogens with one attached hydrogen (secondary N) is 1. The Kier molecular flexibility index (Phi) is 4.91. The molecule has 1 aromatic rings. The fourth-order valence-corrected chi connectivity index (χ4v) is 8.10. The van der Waals surface area contributed by atoms with E-state index in [1.165, 1.54) is 52.7 Å². The van der Waals surface area contributed by atoms with E-state index in [1.54, 1.807) is 18.2 Å². The Morgan fingerprint density at radius 2 is 1.67 bits per heavy atom. The first-order valence-electron chi connectivity index (χ1n) is 10.1. The summed E-state index contributed by atoms with van der Waals surface area (Å²) in [7, 11) is -0.661. The number of benzene rings is 1. The van der Waals surface area contributed by atoms with Crippen LogP contribution in [0.1, 0.15) is 51.9 Å². The lowest BCUT2D eigenvalue weighted by Gasteiger charge is -2.59. The molecule has 0 unspecified atom stereocenters. The van der Waals surface area contributed by atoms with Crippen molar-refractivity contribution >= 4 is 10.0 Å². The third-order valence-corrected chi connectivity index (χ3v) is 8.68. The number of ether oxygens (including phenoxy) is 2. The van der Waals surface area contributed by atoms with Gasteiger partial charge in [0.05, 0.1) is 14.2 Å². The van der Waals surface area contributed by atoms with Gasteiger partial charge in [0.15, 0.2) is 0 Å². The van der Waals surface area contributed by atoms with Crippen LogP contribution in [0.25, 0.3) is 0 Å². The first kappa shape index (κ1) is 19.1. The van der Waals surface area contributed by atoms with Gasteiger partial charge in [-0.2, -0.15) is 0 Å². The summed E-state index contributed by atoms with van der Waals surface area (Å²) in [5.74, 6) is 3.24. The molecule has 4 saturated carbocycles. The van der Waals surface area contributed by atoms with Gasteiger partial charge < -0.3 is 9.47 Å². The second kappa shape index (κ2) is 6.96. The van der Waals surface area contributed by atoms with Crippen molar-refractivity contribution in [2.75, 3.05) is 14.2 Å². The van der Waals surface area contributed by atoms with E-state index in [0.717, 1.165) is 24.2 Å². The third kappa shape index (κ3) is 3.35. The molecule has 0 heterocycles. The molecule has 27 heavy (non-hydrogen) atoms. The number of hydrogen-bond acceptors (Lipinski definition) is 4. The van der Waals surface area contributed by atoms with Crippen LogP contribution in [0.5, 0.6) is 11.5 Å². The second-order valence-corrected chi connectivity index (χ2v) is 10.6. The molecule has 150 valence electrons. The summed E-state index contributed by atoms with van der Waals surface area (Å²) in [4.78, 5) is 0.160. The average Bonchev–Trinajstić information content (AvgIpc) is 2.64. The van der Waals surface area contributed by atoms with Crippen LogP contribution in [0.3, 0.4) is 0 Å². The van der Waals surface area contributed by atoms with Gasteiger partial charge >= 0.3 is 0 Å². The smallest absolute Gasteiger partial charge is 0.244 e. The topological polar surface area (TPSA) is 64.6 Å². The molecule has 4 fully saturated rings. The maximum atomic E-state index is 13.3. The Morgan fingerprint density at radius 3 is 2.15 bits per heavy atom. The fourth-order valence-electron chi connectivity index (χ4n) is 6.49. The van der Waals surface area contributed by atoms with Crippen molar-refractivity contribution in [3.63, 3.8) is 0 Å². The highest BCUT2D eigenvalue weighted by Crippen LogP contribution is 2.61. The number of hydrogen-bond donors (Lipinski definition) is 1. The monoisotopic (exact) mass is 393 g/mol. The number of sulfonamides is 1. The van der Waals surface area contributed by atoms with Crippen LogP contribution < -0.4 is 14.2 Å². The molecule has 1 N–H and O–H groups in total. The van der Waals surface area contributed by atoms with Crippen LogP contribution in [0.2, 0.25) is 0 Å². The van der Waals surface area contributed by atoms with Crippen LogP contribution in [-0.4, -0.2) is 28.7 Å². The molecule has 4 aliphatic carbocycles. The predicted molar refractivity (Wildman–Crippen MR) is 105 cm³/mol. The van der Waals surface area contributed by atoms with Gasteiger partial charge in [-0.3, -0.25) is 0 Å².